The summed E-state index contributed by atoms with van der Waals surface area (Å²) in [6.07, 6.45) is 2.30. The molecular weight excluding hydrogens is 306 g/mol. The second kappa shape index (κ2) is 6.63. The van der Waals surface area contributed by atoms with Gasteiger partial charge in [0.15, 0.2) is 0 Å². The summed E-state index contributed by atoms with van der Waals surface area (Å²) in [6.45, 7) is 2.66. The summed E-state index contributed by atoms with van der Waals surface area (Å²) in [7, 11) is 0. The number of carbonyl (C=O) groups excluding carboxylic acids is 3. The van der Waals surface area contributed by atoms with Crippen molar-refractivity contribution in [1.29, 1.82) is 0 Å². The molecule has 0 bridgehead atoms. The minimum absolute atomic E-state index is 0.0430. The number of nitrogens with one attached hydrogen (secondary N) is 2. The molecule has 128 valence electrons. The second-order valence-corrected chi connectivity index (χ2v) is 6.73. The van der Waals surface area contributed by atoms with Gasteiger partial charge in [0.25, 0.3) is 0 Å². The Bertz CT molecular complexity index is 636. The Labute approximate surface area is 141 Å². The number of likely N-dealkylation sites (tertiary alicyclic amines) is 1. The zero-order valence-corrected chi connectivity index (χ0v) is 13.9. The summed E-state index contributed by atoms with van der Waals surface area (Å²) in [5, 5.41) is 5.72. The second-order valence-electron chi connectivity index (χ2n) is 6.73. The SMILES string of the molecule is CC(=O)NCC(=O)N1CCC2(CC1)CC(c1ccccc1)C(=O)N2. The van der Waals surface area contributed by atoms with Gasteiger partial charge < -0.3 is 15.5 Å². The van der Waals surface area contributed by atoms with Gasteiger partial charge in [-0.2, -0.15) is 0 Å². The van der Waals surface area contributed by atoms with Crippen LogP contribution in [0.15, 0.2) is 30.3 Å². The van der Waals surface area contributed by atoms with Crippen LogP contribution >= 0.6 is 0 Å². The van der Waals surface area contributed by atoms with Crippen molar-refractivity contribution >= 4 is 17.7 Å². The van der Waals surface area contributed by atoms with Crippen molar-refractivity contribution in [2.75, 3.05) is 19.6 Å². The number of nitrogens with zero attached hydrogens (tertiary/aromatic N) is 1. The van der Waals surface area contributed by atoms with Crippen molar-refractivity contribution in [2.24, 2.45) is 0 Å². The van der Waals surface area contributed by atoms with Gasteiger partial charge in [-0.05, 0) is 24.8 Å². The molecule has 2 fully saturated rings. The van der Waals surface area contributed by atoms with Gasteiger partial charge in [0.2, 0.25) is 17.7 Å². The lowest BCUT2D eigenvalue weighted by Gasteiger charge is -2.39. The third-order valence-corrected chi connectivity index (χ3v) is 5.06. The number of hydrogen-bond acceptors (Lipinski definition) is 3. The molecule has 1 aromatic carbocycles. The molecule has 2 N–H and O–H groups in total. The van der Waals surface area contributed by atoms with Crippen LogP contribution in [0.4, 0.5) is 0 Å². The smallest absolute Gasteiger partial charge is 0.241 e. The molecule has 1 atom stereocenters. The first-order chi connectivity index (χ1) is 11.5. The quantitative estimate of drug-likeness (QED) is 0.860. The summed E-state index contributed by atoms with van der Waals surface area (Å²) >= 11 is 0. The van der Waals surface area contributed by atoms with E-state index in [9.17, 15) is 14.4 Å². The predicted molar refractivity (Wildman–Crippen MR) is 89.2 cm³/mol. The molecule has 1 aromatic rings. The Hall–Kier alpha value is -2.37. The number of hydrogen-bond donors (Lipinski definition) is 2. The van der Waals surface area contributed by atoms with E-state index in [1.54, 1.807) is 4.90 Å². The molecule has 1 spiro atoms. The van der Waals surface area contributed by atoms with Crippen LogP contribution in [-0.4, -0.2) is 47.8 Å². The van der Waals surface area contributed by atoms with Crippen molar-refractivity contribution in [3.63, 3.8) is 0 Å². The predicted octanol–water partition coefficient (Wildman–Crippen LogP) is 0.787. The maximum atomic E-state index is 12.4. The number of piperidine rings is 1. The summed E-state index contributed by atoms with van der Waals surface area (Å²) in [5.74, 6) is -0.290. The van der Waals surface area contributed by atoms with Crippen molar-refractivity contribution in [3.05, 3.63) is 35.9 Å². The van der Waals surface area contributed by atoms with E-state index in [-0.39, 0.29) is 35.7 Å². The number of carbonyl (C=O) groups is 3. The highest BCUT2D eigenvalue weighted by atomic mass is 16.2. The Morgan fingerprint density at radius 2 is 1.92 bits per heavy atom. The molecule has 3 amide bonds. The van der Waals surface area contributed by atoms with Crippen LogP contribution in [0.3, 0.4) is 0 Å². The molecule has 3 rings (SSSR count). The van der Waals surface area contributed by atoms with Crippen LogP contribution in [0.1, 0.15) is 37.7 Å². The molecule has 6 heteroatoms. The summed E-state index contributed by atoms with van der Waals surface area (Å²) < 4.78 is 0. The molecule has 1 unspecified atom stereocenters. The lowest BCUT2D eigenvalue weighted by Crippen LogP contribution is -2.53. The van der Waals surface area contributed by atoms with Gasteiger partial charge in [-0.3, -0.25) is 14.4 Å². The van der Waals surface area contributed by atoms with E-state index >= 15 is 0 Å². The Balaban J connectivity index is 1.59. The molecule has 2 aliphatic rings. The maximum absolute atomic E-state index is 12.4. The summed E-state index contributed by atoms with van der Waals surface area (Å²) in [6, 6.07) is 9.85. The van der Waals surface area contributed by atoms with Crippen LogP contribution in [0.2, 0.25) is 0 Å². The van der Waals surface area contributed by atoms with Crippen LogP contribution in [0, 0.1) is 0 Å². The van der Waals surface area contributed by atoms with E-state index in [1.807, 2.05) is 30.3 Å². The van der Waals surface area contributed by atoms with E-state index in [4.69, 9.17) is 0 Å². The zero-order valence-electron chi connectivity index (χ0n) is 13.9. The number of amides is 3. The average molecular weight is 329 g/mol. The zero-order chi connectivity index (χ0) is 17.2. The van der Waals surface area contributed by atoms with Gasteiger partial charge in [-0.1, -0.05) is 30.3 Å². The molecule has 0 saturated carbocycles. The Morgan fingerprint density at radius 1 is 1.25 bits per heavy atom. The van der Waals surface area contributed by atoms with Gasteiger partial charge in [0.05, 0.1) is 12.5 Å². The maximum Gasteiger partial charge on any atom is 0.241 e. The van der Waals surface area contributed by atoms with Gasteiger partial charge >= 0.3 is 0 Å². The van der Waals surface area contributed by atoms with Gasteiger partial charge in [-0.15, -0.1) is 0 Å². The lowest BCUT2D eigenvalue weighted by molar-refractivity contribution is -0.134. The third-order valence-electron chi connectivity index (χ3n) is 5.06. The molecule has 2 saturated heterocycles. The highest BCUT2D eigenvalue weighted by molar-refractivity contribution is 5.87. The first-order valence-corrected chi connectivity index (χ1v) is 8.38. The monoisotopic (exact) mass is 329 g/mol. The van der Waals surface area contributed by atoms with E-state index < -0.39 is 0 Å². The summed E-state index contributed by atoms with van der Waals surface area (Å²) in [5.41, 5.74) is 0.846. The van der Waals surface area contributed by atoms with E-state index in [0.29, 0.717) is 13.1 Å². The van der Waals surface area contributed by atoms with E-state index in [1.165, 1.54) is 6.92 Å². The largest absolute Gasteiger partial charge is 0.350 e. The minimum atomic E-state index is -0.206. The third kappa shape index (κ3) is 3.42. The van der Waals surface area contributed by atoms with Crippen molar-refractivity contribution in [1.82, 2.24) is 15.5 Å². The van der Waals surface area contributed by atoms with Crippen LogP contribution in [0.5, 0.6) is 0 Å². The fourth-order valence-corrected chi connectivity index (χ4v) is 3.66. The first-order valence-electron chi connectivity index (χ1n) is 8.38. The van der Waals surface area contributed by atoms with Gasteiger partial charge in [-0.25, -0.2) is 0 Å². The van der Waals surface area contributed by atoms with Crippen molar-refractivity contribution in [2.45, 2.75) is 37.6 Å². The topological polar surface area (TPSA) is 78.5 Å². The molecule has 0 aliphatic carbocycles. The van der Waals surface area contributed by atoms with Crippen molar-refractivity contribution < 1.29 is 14.4 Å². The fourth-order valence-electron chi connectivity index (χ4n) is 3.66. The Morgan fingerprint density at radius 3 is 2.54 bits per heavy atom. The standard InChI is InChI=1S/C18H23N3O3/c1-13(22)19-12-16(23)21-9-7-18(8-10-21)11-15(17(24)20-18)14-5-3-2-4-6-14/h2-6,15H,7-12H2,1H3,(H,19,22)(H,20,24). The molecule has 2 aliphatic heterocycles. The van der Waals surface area contributed by atoms with Crippen LogP contribution in [0.25, 0.3) is 0 Å². The fraction of sp³-hybridized carbons (Fsp3) is 0.500. The molecule has 24 heavy (non-hydrogen) atoms. The van der Waals surface area contributed by atoms with Gasteiger partial charge in [0, 0.05) is 25.6 Å². The van der Waals surface area contributed by atoms with Crippen molar-refractivity contribution in [3.8, 4) is 0 Å². The summed E-state index contributed by atoms with van der Waals surface area (Å²) in [4.78, 5) is 37.2. The van der Waals surface area contributed by atoms with Gasteiger partial charge in [0.1, 0.15) is 0 Å². The van der Waals surface area contributed by atoms with E-state index in [0.717, 1.165) is 24.8 Å². The number of rotatable bonds is 3. The van der Waals surface area contributed by atoms with Crippen LogP contribution < -0.4 is 10.6 Å². The average Bonchev–Trinajstić information content (AvgIpc) is 2.90. The molecule has 0 aromatic heterocycles. The first kappa shape index (κ1) is 16.5. The molecular formula is C18H23N3O3. The molecule has 6 nitrogen and oxygen atoms in total. The Kier molecular flexibility index (Phi) is 4.55. The lowest BCUT2D eigenvalue weighted by atomic mass is 9.82. The molecule has 2 heterocycles. The highest BCUT2D eigenvalue weighted by Crippen LogP contribution is 2.39. The molecule has 0 radical (unpaired) electrons. The normalized spacial score (nSPS) is 22.3. The minimum Gasteiger partial charge on any atom is -0.350 e. The van der Waals surface area contributed by atoms with E-state index in [2.05, 4.69) is 10.6 Å². The number of benzene rings is 1. The van der Waals surface area contributed by atoms with Crippen LogP contribution in [-0.2, 0) is 14.4 Å². The highest BCUT2D eigenvalue weighted by Gasteiger charge is 2.46.